The number of hydrogen-bond donors (Lipinski definition) is 2. The van der Waals surface area contributed by atoms with E-state index >= 15 is 0 Å². The van der Waals surface area contributed by atoms with Crippen molar-refractivity contribution in [1.29, 1.82) is 0 Å². The van der Waals surface area contributed by atoms with Crippen LogP contribution in [0, 0.1) is 0 Å². The summed E-state index contributed by atoms with van der Waals surface area (Å²) in [4.78, 5) is 27.9. The first-order valence-electron chi connectivity index (χ1n) is 6.99. The van der Waals surface area contributed by atoms with Gasteiger partial charge < -0.3 is 24.8 Å². The number of carbonyl (C=O) groups excluding carboxylic acids is 1. The molecule has 0 aromatic carbocycles. The topological polar surface area (TPSA) is 101 Å². The minimum atomic E-state index is -0.910. The second kappa shape index (κ2) is 7.60. The Labute approximate surface area is 128 Å². The molecule has 0 radical (unpaired) electrons. The number of hydrogen-bond acceptors (Lipinski definition) is 6. The van der Waals surface area contributed by atoms with Crippen LogP contribution < -0.4 is 10.1 Å². The summed E-state index contributed by atoms with van der Waals surface area (Å²) in [6.45, 7) is 1.88. The molecule has 22 heavy (non-hydrogen) atoms. The fourth-order valence-electron chi connectivity index (χ4n) is 2.26. The van der Waals surface area contributed by atoms with Crippen LogP contribution in [0.15, 0.2) is 18.3 Å². The number of aromatic nitrogens is 1. The van der Waals surface area contributed by atoms with Crippen LogP contribution in [0.1, 0.15) is 16.9 Å². The summed E-state index contributed by atoms with van der Waals surface area (Å²) >= 11 is 0. The number of methoxy groups -OCH3 is 1. The summed E-state index contributed by atoms with van der Waals surface area (Å²) in [6, 6.07) is 3.35. The third-order valence-electron chi connectivity index (χ3n) is 3.40. The molecule has 1 aliphatic heterocycles. The zero-order chi connectivity index (χ0) is 15.9. The summed E-state index contributed by atoms with van der Waals surface area (Å²) in [7, 11) is 1.28. The molecule has 2 rings (SSSR count). The zero-order valence-electron chi connectivity index (χ0n) is 12.3. The van der Waals surface area contributed by atoms with Crippen molar-refractivity contribution < 1.29 is 24.2 Å². The van der Waals surface area contributed by atoms with E-state index in [1.807, 2.05) is 0 Å². The highest BCUT2D eigenvalue weighted by Gasteiger charge is 2.22. The lowest BCUT2D eigenvalue weighted by molar-refractivity contribution is 0.0588. The Morgan fingerprint density at radius 1 is 1.55 bits per heavy atom. The van der Waals surface area contributed by atoms with Gasteiger partial charge in [-0.15, -0.1) is 0 Å². The van der Waals surface area contributed by atoms with Crippen molar-refractivity contribution in [2.75, 3.05) is 33.4 Å². The highest BCUT2D eigenvalue weighted by atomic mass is 16.5. The number of carboxylic acid groups (broad SMARTS) is 1. The maximum Gasteiger partial charge on any atom is 0.407 e. The average molecular weight is 309 g/mol. The molecule has 0 aliphatic carbocycles. The molecule has 1 atom stereocenters. The van der Waals surface area contributed by atoms with E-state index in [0.29, 0.717) is 38.4 Å². The third kappa shape index (κ3) is 4.08. The lowest BCUT2D eigenvalue weighted by atomic mass is 10.1. The fourth-order valence-corrected chi connectivity index (χ4v) is 2.26. The van der Waals surface area contributed by atoms with Gasteiger partial charge in [0.1, 0.15) is 0 Å². The highest BCUT2D eigenvalue weighted by molar-refractivity contribution is 5.90. The lowest BCUT2D eigenvalue weighted by Crippen LogP contribution is -2.52. The summed E-state index contributed by atoms with van der Waals surface area (Å²) < 4.78 is 10.2. The molecular formula is C14H19N3O5. The number of nitrogens with one attached hydrogen (secondary N) is 1. The van der Waals surface area contributed by atoms with Gasteiger partial charge in [0, 0.05) is 31.9 Å². The van der Waals surface area contributed by atoms with Crippen LogP contribution in [-0.4, -0.2) is 66.4 Å². The molecule has 1 aromatic heterocycles. The van der Waals surface area contributed by atoms with Crippen molar-refractivity contribution in [3.63, 3.8) is 0 Å². The van der Waals surface area contributed by atoms with Gasteiger partial charge in [-0.2, -0.15) is 0 Å². The highest BCUT2D eigenvalue weighted by Crippen LogP contribution is 2.16. The van der Waals surface area contributed by atoms with Gasteiger partial charge in [-0.1, -0.05) is 0 Å². The van der Waals surface area contributed by atoms with Gasteiger partial charge in [0.2, 0.25) is 0 Å². The maximum absolute atomic E-state index is 11.6. The van der Waals surface area contributed by atoms with Gasteiger partial charge in [-0.25, -0.2) is 14.6 Å². The number of amides is 1. The van der Waals surface area contributed by atoms with Crippen LogP contribution in [0.3, 0.4) is 0 Å². The number of ether oxygens (including phenoxy) is 2. The van der Waals surface area contributed by atoms with Gasteiger partial charge >= 0.3 is 12.1 Å². The Kier molecular flexibility index (Phi) is 5.54. The number of esters is 1. The van der Waals surface area contributed by atoms with Crippen LogP contribution in [0.4, 0.5) is 4.79 Å². The van der Waals surface area contributed by atoms with Crippen LogP contribution in [0.2, 0.25) is 0 Å². The SMILES string of the molecule is COC(=O)c1ncccc1OCC[C@@H]1CN(C(=O)O)CCN1. The van der Waals surface area contributed by atoms with Crippen molar-refractivity contribution >= 4 is 12.1 Å². The van der Waals surface area contributed by atoms with Gasteiger partial charge in [0.05, 0.1) is 13.7 Å². The average Bonchev–Trinajstić information content (AvgIpc) is 2.55. The van der Waals surface area contributed by atoms with E-state index in [1.165, 1.54) is 18.2 Å². The van der Waals surface area contributed by atoms with Crippen molar-refractivity contribution in [2.45, 2.75) is 12.5 Å². The molecule has 1 aliphatic rings. The second-order valence-corrected chi connectivity index (χ2v) is 4.86. The molecule has 1 amide bonds. The van der Waals surface area contributed by atoms with E-state index in [4.69, 9.17) is 9.84 Å². The molecule has 0 bridgehead atoms. The molecule has 120 valence electrons. The van der Waals surface area contributed by atoms with Crippen molar-refractivity contribution in [2.24, 2.45) is 0 Å². The third-order valence-corrected chi connectivity index (χ3v) is 3.40. The minimum Gasteiger partial charge on any atom is -0.491 e. The summed E-state index contributed by atoms with van der Waals surface area (Å²) in [5, 5.41) is 12.2. The Morgan fingerprint density at radius 3 is 3.09 bits per heavy atom. The predicted octanol–water partition coefficient (Wildman–Crippen LogP) is 0.589. The molecule has 0 unspecified atom stereocenters. The number of piperazine rings is 1. The second-order valence-electron chi connectivity index (χ2n) is 4.86. The molecule has 2 heterocycles. The van der Waals surface area contributed by atoms with Crippen LogP contribution in [0.25, 0.3) is 0 Å². The Balaban J connectivity index is 1.86. The molecule has 8 nitrogen and oxygen atoms in total. The van der Waals surface area contributed by atoms with E-state index < -0.39 is 12.1 Å². The quantitative estimate of drug-likeness (QED) is 0.768. The molecular weight excluding hydrogens is 290 g/mol. The van der Waals surface area contributed by atoms with Crippen molar-refractivity contribution in [3.8, 4) is 5.75 Å². The molecule has 2 N–H and O–H groups in total. The minimum absolute atomic E-state index is 0.0306. The van der Waals surface area contributed by atoms with Gasteiger partial charge in [-0.3, -0.25) is 0 Å². The number of nitrogens with zero attached hydrogens (tertiary/aromatic N) is 2. The van der Waals surface area contributed by atoms with Crippen molar-refractivity contribution in [3.05, 3.63) is 24.0 Å². The van der Waals surface area contributed by atoms with E-state index in [2.05, 4.69) is 15.0 Å². The lowest BCUT2D eigenvalue weighted by Gasteiger charge is -2.31. The first-order valence-corrected chi connectivity index (χ1v) is 6.99. The summed E-state index contributed by atoms with van der Waals surface area (Å²) in [6.07, 6.45) is 1.21. The maximum atomic E-state index is 11.6. The molecule has 1 fully saturated rings. The molecule has 0 spiro atoms. The number of rotatable bonds is 5. The first-order chi connectivity index (χ1) is 10.6. The zero-order valence-corrected chi connectivity index (χ0v) is 12.3. The Hall–Kier alpha value is -2.35. The fraction of sp³-hybridized carbons (Fsp3) is 0.500. The standard InChI is InChI=1S/C14H19N3O5/c1-21-13(18)12-11(3-2-5-16-12)22-8-4-10-9-17(14(19)20)7-6-15-10/h2-3,5,10,15H,4,6-9H2,1H3,(H,19,20)/t10-/m1/s1. The van der Waals surface area contributed by atoms with Gasteiger partial charge in [0.25, 0.3) is 0 Å². The predicted molar refractivity (Wildman–Crippen MR) is 77.1 cm³/mol. The molecule has 8 heteroatoms. The van der Waals surface area contributed by atoms with E-state index in [0.717, 1.165) is 0 Å². The van der Waals surface area contributed by atoms with E-state index in [9.17, 15) is 9.59 Å². The summed E-state index contributed by atoms with van der Waals surface area (Å²) in [5.41, 5.74) is 0.133. The largest absolute Gasteiger partial charge is 0.491 e. The number of carbonyl (C=O) groups is 2. The number of pyridine rings is 1. The van der Waals surface area contributed by atoms with Gasteiger partial charge in [-0.05, 0) is 18.6 Å². The van der Waals surface area contributed by atoms with Crippen LogP contribution >= 0.6 is 0 Å². The Bertz CT molecular complexity index is 537. The Morgan fingerprint density at radius 2 is 2.36 bits per heavy atom. The van der Waals surface area contributed by atoms with E-state index in [-0.39, 0.29) is 11.7 Å². The monoisotopic (exact) mass is 309 g/mol. The molecule has 1 aromatic rings. The molecule has 0 saturated carbocycles. The van der Waals surface area contributed by atoms with E-state index in [1.54, 1.807) is 12.1 Å². The first kappa shape index (κ1) is 16.0. The van der Waals surface area contributed by atoms with Crippen LogP contribution in [0.5, 0.6) is 5.75 Å². The molecule has 1 saturated heterocycles. The summed E-state index contributed by atoms with van der Waals surface area (Å²) in [5.74, 6) is -0.191. The smallest absolute Gasteiger partial charge is 0.407 e. The van der Waals surface area contributed by atoms with Crippen molar-refractivity contribution in [1.82, 2.24) is 15.2 Å². The normalized spacial score (nSPS) is 17.9. The van der Waals surface area contributed by atoms with Gasteiger partial charge in [0.15, 0.2) is 11.4 Å². The van der Waals surface area contributed by atoms with Crippen LogP contribution in [-0.2, 0) is 4.74 Å².